The van der Waals surface area contributed by atoms with Gasteiger partial charge in [-0.1, -0.05) is 36.4 Å². The fourth-order valence-electron chi connectivity index (χ4n) is 5.82. The number of fused-ring (bicyclic) bond motifs is 2. The molecule has 5 heterocycles. The standard InChI is InChI=1S/C31H34N8O6/c1-5-32-31(42)38-27-24-28(35-14-34-27)39(15-36-24)30-26-25(44-21(45-26)12-11-19-9-7-6-8-10-19)20(43-30)13-33-29(41)23-16(2)22(18(4)40)17(3)37-23/h6-12,14-15,20-21,25-26,30,37H,5,13H2,1-4H3,(H,33,41)(H2,32,34,35,38,42)/b12-11+/t20-,21+,25-,26-,30-/m1/s1. The van der Waals surface area contributed by atoms with Crippen molar-refractivity contribution in [1.29, 1.82) is 0 Å². The first kappa shape index (κ1) is 30.1. The molecule has 0 spiro atoms. The molecule has 14 heteroatoms. The van der Waals surface area contributed by atoms with E-state index in [1.807, 2.05) is 49.4 Å². The van der Waals surface area contributed by atoms with E-state index in [0.717, 1.165) is 5.56 Å². The minimum Gasteiger partial charge on any atom is -0.354 e. The summed E-state index contributed by atoms with van der Waals surface area (Å²) in [6.45, 7) is 7.34. The highest BCUT2D eigenvalue weighted by Gasteiger charge is 2.53. The second-order valence-electron chi connectivity index (χ2n) is 10.8. The van der Waals surface area contributed by atoms with Crippen molar-refractivity contribution in [2.24, 2.45) is 0 Å². The van der Waals surface area contributed by atoms with E-state index in [4.69, 9.17) is 14.2 Å². The van der Waals surface area contributed by atoms with E-state index < -0.39 is 36.9 Å². The lowest BCUT2D eigenvalue weighted by atomic mass is 10.1. The molecule has 6 rings (SSSR count). The number of urea groups is 1. The molecule has 0 radical (unpaired) electrons. The molecule has 5 atom stereocenters. The normalized spacial score (nSPS) is 22.5. The van der Waals surface area contributed by atoms with Crippen LogP contribution in [0, 0.1) is 13.8 Å². The number of aromatic nitrogens is 5. The molecule has 2 aliphatic rings. The van der Waals surface area contributed by atoms with Crippen LogP contribution in [0.1, 0.15) is 57.7 Å². The summed E-state index contributed by atoms with van der Waals surface area (Å²) < 4.78 is 20.8. The summed E-state index contributed by atoms with van der Waals surface area (Å²) in [4.78, 5) is 53.6. The average Bonchev–Trinajstić information content (AvgIpc) is 3.78. The Balaban J connectivity index is 1.26. The summed E-state index contributed by atoms with van der Waals surface area (Å²) in [7, 11) is 0. The number of hydrogen-bond acceptors (Lipinski definition) is 9. The largest absolute Gasteiger partial charge is 0.354 e. The number of benzene rings is 1. The Morgan fingerprint density at radius 3 is 2.53 bits per heavy atom. The number of hydrogen-bond donors (Lipinski definition) is 4. The van der Waals surface area contributed by atoms with Crippen molar-refractivity contribution in [3.05, 3.63) is 77.1 Å². The molecule has 1 aromatic carbocycles. The predicted octanol–water partition coefficient (Wildman–Crippen LogP) is 3.27. The Labute approximate surface area is 258 Å². The van der Waals surface area contributed by atoms with Gasteiger partial charge in [0.2, 0.25) is 0 Å². The molecule has 0 aliphatic carbocycles. The SMILES string of the molecule is CCNC(=O)Nc1ncnc2c1ncn2[C@@H]1O[C@H](CNC(=O)c2[nH]c(C)c(C(C)=O)c2C)[C@H]2O[C@H](/C=C/c3ccccc3)O[C@H]21. The van der Waals surface area contributed by atoms with Gasteiger partial charge in [0.15, 0.2) is 35.3 Å². The first-order chi connectivity index (χ1) is 21.7. The molecule has 4 N–H and O–H groups in total. The van der Waals surface area contributed by atoms with Crippen LogP contribution in [-0.4, -0.2) is 79.9 Å². The van der Waals surface area contributed by atoms with E-state index >= 15 is 0 Å². The van der Waals surface area contributed by atoms with E-state index in [0.29, 0.717) is 40.2 Å². The minimum absolute atomic E-state index is 0.105. The maximum absolute atomic E-state index is 13.2. The number of amides is 3. The summed E-state index contributed by atoms with van der Waals surface area (Å²) in [5.41, 5.74) is 3.84. The maximum Gasteiger partial charge on any atom is 0.320 e. The van der Waals surface area contributed by atoms with Gasteiger partial charge in [-0.15, -0.1) is 0 Å². The molecule has 0 unspecified atom stereocenters. The minimum atomic E-state index is -0.719. The molecule has 3 aromatic heterocycles. The van der Waals surface area contributed by atoms with Gasteiger partial charge < -0.3 is 29.8 Å². The van der Waals surface area contributed by atoms with Gasteiger partial charge in [-0.2, -0.15) is 0 Å². The second-order valence-corrected chi connectivity index (χ2v) is 10.8. The lowest BCUT2D eigenvalue weighted by Crippen LogP contribution is -2.39. The number of aromatic amines is 1. The number of nitrogens with zero attached hydrogens (tertiary/aromatic N) is 4. The van der Waals surface area contributed by atoms with Crippen LogP contribution in [-0.2, 0) is 14.2 Å². The lowest BCUT2D eigenvalue weighted by molar-refractivity contribution is -0.123. The third-order valence-corrected chi connectivity index (χ3v) is 7.80. The Bertz CT molecular complexity index is 1770. The fraction of sp³-hybridized carbons (Fsp3) is 0.355. The van der Waals surface area contributed by atoms with Gasteiger partial charge in [-0.3, -0.25) is 19.5 Å². The van der Waals surface area contributed by atoms with E-state index in [1.54, 1.807) is 24.7 Å². The van der Waals surface area contributed by atoms with E-state index in [2.05, 4.69) is 35.9 Å². The van der Waals surface area contributed by atoms with Gasteiger partial charge >= 0.3 is 6.03 Å². The third kappa shape index (κ3) is 5.94. The van der Waals surface area contributed by atoms with Gasteiger partial charge in [0.05, 0.1) is 6.33 Å². The number of aryl methyl sites for hydroxylation is 1. The molecular formula is C31H34N8O6. The van der Waals surface area contributed by atoms with Crippen molar-refractivity contribution in [2.75, 3.05) is 18.4 Å². The molecular weight excluding hydrogens is 580 g/mol. The topological polar surface area (TPSA) is 174 Å². The molecule has 3 amide bonds. The summed E-state index contributed by atoms with van der Waals surface area (Å²) in [5, 5.41) is 8.29. The third-order valence-electron chi connectivity index (χ3n) is 7.80. The number of ether oxygens (including phenoxy) is 3. The van der Waals surface area contributed by atoms with E-state index in [9.17, 15) is 14.4 Å². The molecule has 2 saturated heterocycles. The number of rotatable bonds is 9. The van der Waals surface area contributed by atoms with Crippen molar-refractivity contribution in [3.8, 4) is 0 Å². The number of nitrogens with one attached hydrogen (secondary N) is 4. The number of carbonyl (C=O) groups excluding carboxylic acids is 3. The zero-order chi connectivity index (χ0) is 31.7. The predicted molar refractivity (Wildman–Crippen MR) is 164 cm³/mol. The van der Waals surface area contributed by atoms with Crippen molar-refractivity contribution >= 4 is 40.8 Å². The molecule has 14 nitrogen and oxygen atoms in total. The van der Waals surface area contributed by atoms with Crippen LogP contribution in [0.15, 0.2) is 49.1 Å². The number of ketones is 1. The maximum atomic E-state index is 13.2. The molecule has 2 fully saturated rings. The zero-order valence-corrected chi connectivity index (χ0v) is 25.2. The molecule has 0 saturated carbocycles. The Kier molecular flexibility index (Phi) is 8.43. The monoisotopic (exact) mass is 614 g/mol. The highest BCUT2D eigenvalue weighted by molar-refractivity contribution is 6.02. The van der Waals surface area contributed by atoms with E-state index in [1.165, 1.54) is 13.3 Å². The zero-order valence-electron chi connectivity index (χ0n) is 25.2. The number of anilines is 1. The number of Topliss-reactive ketones (excluding diaryl/α,β-unsaturated/α-hetero) is 1. The molecule has 4 aromatic rings. The van der Waals surface area contributed by atoms with Crippen molar-refractivity contribution in [3.63, 3.8) is 0 Å². The van der Waals surface area contributed by atoms with Crippen molar-refractivity contribution in [1.82, 2.24) is 35.1 Å². The number of imidazole rings is 1. The molecule has 2 aliphatic heterocycles. The number of carbonyl (C=O) groups is 3. The van der Waals surface area contributed by atoms with E-state index in [-0.39, 0.29) is 24.1 Å². The van der Waals surface area contributed by atoms with Gasteiger partial charge in [0.1, 0.15) is 30.3 Å². The highest BCUT2D eigenvalue weighted by atomic mass is 16.8. The molecule has 234 valence electrons. The highest BCUT2D eigenvalue weighted by Crippen LogP contribution is 2.41. The average molecular weight is 615 g/mol. The quantitative estimate of drug-likeness (QED) is 0.206. The number of H-pyrrole nitrogens is 1. The lowest BCUT2D eigenvalue weighted by Gasteiger charge is -2.20. The summed E-state index contributed by atoms with van der Waals surface area (Å²) in [5.74, 6) is -0.234. The Morgan fingerprint density at radius 2 is 1.80 bits per heavy atom. The van der Waals surface area contributed by atoms with Crippen LogP contribution in [0.4, 0.5) is 10.6 Å². The van der Waals surface area contributed by atoms with Crippen molar-refractivity contribution < 1.29 is 28.6 Å². The fourth-order valence-corrected chi connectivity index (χ4v) is 5.82. The smallest absolute Gasteiger partial charge is 0.320 e. The summed E-state index contributed by atoms with van der Waals surface area (Å²) in [6, 6.07) is 9.37. The second kappa shape index (κ2) is 12.6. The van der Waals surface area contributed by atoms with Crippen molar-refractivity contribution in [2.45, 2.75) is 58.5 Å². The first-order valence-electron chi connectivity index (χ1n) is 14.7. The van der Waals surface area contributed by atoms with Crippen LogP contribution < -0.4 is 16.0 Å². The Hall–Kier alpha value is -4.92. The first-order valence-corrected chi connectivity index (χ1v) is 14.7. The molecule has 0 bridgehead atoms. The van der Waals surface area contributed by atoms with Crippen LogP contribution in [0.2, 0.25) is 0 Å². The Morgan fingerprint density at radius 1 is 1.02 bits per heavy atom. The van der Waals surface area contributed by atoms with Crippen LogP contribution in [0.5, 0.6) is 0 Å². The van der Waals surface area contributed by atoms with Crippen LogP contribution in [0.3, 0.4) is 0 Å². The summed E-state index contributed by atoms with van der Waals surface area (Å²) >= 11 is 0. The van der Waals surface area contributed by atoms with Gasteiger partial charge in [0, 0.05) is 24.3 Å². The van der Waals surface area contributed by atoms with Gasteiger partial charge in [0.25, 0.3) is 5.91 Å². The molecule has 45 heavy (non-hydrogen) atoms. The van der Waals surface area contributed by atoms with Crippen LogP contribution >= 0.6 is 0 Å². The summed E-state index contributed by atoms with van der Waals surface area (Å²) in [6.07, 6.45) is 3.51. The van der Waals surface area contributed by atoms with Gasteiger partial charge in [-0.05, 0) is 44.9 Å². The van der Waals surface area contributed by atoms with Crippen LogP contribution in [0.25, 0.3) is 17.2 Å². The van der Waals surface area contributed by atoms with Gasteiger partial charge in [-0.25, -0.2) is 19.7 Å².